The summed E-state index contributed by atoms with van der Waals surface area (Å²) in [5, 5.41) is 8.12. The molecule has 0 N–H and O–H groups in total. The predicted molar refractivity (Wildman–Crippen MR) is 103 cm³/mol. The highest BCUT2D eigenvalue weighted by Gasteiger charge is 2.32. The van der Waals surface area contributed by atoms with Crippen LogP contribution in [0.25, 0.3) is 5.69 Å². The maximum Gasteiger partial charge on any atom is 0.368 e. The first-order chi connectivity index (χ1) is 13.7. The summed E-state index contributed by atoms with van der Waals surface area (Å²) in [5.41, 5.74) is 0.479. The van der Waals surface area contributed by atoms with E-state index in [2.05, 4.69) is 10.4 Å². The van der Waals surface area contributed by atoms with Gasteiger partial charge in [-0.1, -0.05) is 18.2 Å². The Morgan fingerprint density at radius 1 is 1.00 bits per heavy atom. The molecule has 1 saturated carbocycles. The summed E-state index contributed by atoms with van der Waals surface area (Å²) in [6.07, 6.45) is 5.49. The number of nitrogens with zero attached hydrogens (tertiary/aromatic N) is 5. The average Bonchev–Trinajstić information content (AvgIpc) is 3.15. The monoisotopic (exact) mass is 385 g/mol. The minimum absolute atomic E-state index is 0.0155. The van der Waals surface area contributed by atoms with Gasteiger partial charge < -0.3 is 9.64 Å². The molecule has 1 saturated heterocycles. The van der Waals surface area contributed by atoms with E-state index in [0.717, 1.165) is 38.5 Å². The number of piperidine rings is 1. The van der Waals surface area contributed by atoms with Gasteiger partial charge in [0.25, 0.3) is 0 Å². The average molecular weight is 385 g/mol. The summed E-state index contributed by atoms with van der Waals surface area (Å²) >= 11 is 0. The molecule has 1 aliphatic carbocycles. The molecule has 2 aliphatic rings. The number of benzene rings is 1. The van der Waals surface area contributed by atoms with E-state index < -0.39 is 0 Å². The molecule has 28 heavy (non-hydrogen) atoms. The Morgan fingerprint density at radius 3 is 2.32 bits per heavy atom. The Balaban J connectivity index is 1.37. The highest BCUT2D eigenvalue weighted by Crippen LogP contribution is 2.29. The molecule has 0 spiro atoms. The fourth-order valence-electron chi connectivity index (χ4n) is 4.35. The highest BCUT2D eigenvalue weighted by atomic mass is 16.5. The summed E-state index contributed by atoms with van der Waals surface area (Å²) in [4.78, 5) is 27.5. The zero-order chi connectivity index (χ0) is 19.5. The van der Waals surface area contributed by atoms with Gasteiger partial charge in [0.1, 0.15) is 0 Å². The summed E-state index contributed by atoms with van der Waals surface area (Å²) in [7, 11) is 1.74. The lowest BCUT2D eigenvalue weighted by atomic mass is 9.86. The van der Waals surface area contributed by atoms with Crippen LogP contribution in [0, 0.1) is 5.92 Å². The molecule has 1 aromatic heterocycles. The van der Waals surface area contributed by atoms with Crippen molar-refractivity contribution in [1.82, 2.24) is 24.7 Å². The Labute approximate surface area is 164 Å². The third-order valence-corrected chi connectivity index (χ3v) is 6.08. The molecule has 0 atom stereocenters. The van der Waals surface area contributed by atoms with Gasteiger partial charge in [0.2, 0.25) is 5.91 Å². The molecule has 2 aromatic rings. The number of likely N-dealkylation sites (tertiary alicyclic amines) is 1. The van der Waals surface area contributed by atoms with Crippen LogP contribution in [0.5, 0.6) is 0 Å². The van der Waals surface area contributed by atoms with E-state index >= 15 is 0 Å². The molecule has 150 valence electrons. The van der Waals surface area contributed by atoms with Crippen LogP contribution >= 0.6 is 0 Å². The van der Waals surface area contributed by atoms with Crippen LogP contribution in [-0.4, -0.2) is 56.9 Å². The number of carbonyl (C=O) groups is 1. The van der Waals surface area contributed by atoms with Gasteiger partial charge >= 0.3 is 5.69 Å². The van der Waals surface area contributed by atoms with Crippen molar-refractivity contribution in [1.29, 1.82) is 0 Å². The maximum atomic E-state index is 12.8. The largest absolute Gasteiger partial charge is 0.381 e. The van der Waals surface area contributed by atoms with Gasteiger partial charge in [-0.2, -0.15) is 9.36 Å². The molecule has 0 radical (unpaired) electrons. The first-order valence-corrected chi connectivity index (χ1v) is 10.1. The smallest absolute Gasteiger partial charge is 0.368 e. The van der Waals surface area contributed by atoms with Crippen LogP contribution in [-0.2, 0) is 9.53 Å². The van der Waals surface area contributed by atoms with Crippen LogP contribution in [0.15, 0.2) is 35.1 Å². The van der Waals surface area contributed by atoms with Crippen LogP contribution in [0.2, 0.25) is 0 Å². The molecule has 8 heteroatoms. The molecular formula is C20H27N5O3. The van der Waals surface area contributed by atoms with Crippen LogP contribution < -0.4 is 5.69 Å². The van der Waals surface area contributed by atoms with E-state index in [9.17, 15) is 9.59 Å². The number of tetrazole rings is 1. The zero-order valence-electron chi connectivity index (χ0n) is 16.2. The fourth-order valence-corrected chi connectivity index (χ4v) is 4.35. The lowest BCUT2D eigenvalue weighted by Gasteiger charge is -2.35. The zero-order valence-corrected chi connectivity index (χ0v) is 16.2. The van der Waals surface area contributed by atoms with Crippen LogP contribution in [0.4, 0.5) is 0 Å². The first-order valence-electron chi connectivity index (χ1n) is 10.1. The van der Waals surface area contributed by atoms with Crippen molar-refractivity contribution in [2.24, 2.45) is 5.92 Å². The normalized spacial score (nSPS) is 23.7. The number of ether oxygens (including phenoxy) is 1. The van der Waals surface area contributed by atoms with E-state index in [1.165, 1.54) is 9.36 Å². The Morgan fingerprint density at radius 2 is 1.68 bits per heavy atom. The fraction of sp³-hybridized carbons (Fsp3) is 0.600. The minimum atomic E-state index is -0.228. The van der Waals surface area contributed by atoms with Gasteiger partial charge in [-0.05, 0) is 61.1 Å². The van der Waals surface area contributed by atoms with Gasteiger partial charge in [-0.15, -0.1) is 0 Å². The Bertz CT molecular complexity index is 846. The highest BCUT2D eigenvalue weighted by molar-refractivity contribution is 5.79. The third-order valence-electron chi connectivity index (χ3n) is 6.08. The van der Waals surface area contributed by atoms with Crippen molar-refractivity contribution < 1.29 is 9.53 Å². The Kier molecular flexibility index (Phi) is 5.57. The van der Waals surface area contributed by atoms with Crippen molar-refractivity contribution in [2.75, 3.05) is 20.2 Å². The predicted octanol–water partition coefficient (Wildman–Crippen LogP) is 1.80. The standard InChI is InChI=1S/C20H27N5O3/c1-28-18-9-7-15(8-10-18)19(26)23-13-11-17(12-14-23)25-20(27)24(21-22-25)16-5-3-2-4-6-16/h2-6,15,17-18H,7-14H2,1H3. The maximum absolute atomic E-state index is 12.8. The Hall–Kier alpha value is -2.48. The van der Waals surface area contributed by atoms with Crippen molar-refractivity contribution in [3.8, 4) is 5.69 Å². The summed E-state index contributed by atoms with van der Waals surface area (Å²) in [6, 6.07) is 9.28. The second-order valence-electron chi connectivity index (χ2n) is 7.72. The molecule has 2 heterocycles. The number of para-hydroxylation sites is 1. The van der Waals surface area contributed by atoms with E-state index in [1.807, 2.05) is 35.2 Å². The van der Waals surface area contributed by atoms with Gasteiger partial charge in [0.05, 0.1) is 17.8 Å². The number of hydrogen-bond acceptors (Lipinski definition) is 5. The summed E-state index contributed by atoms with van der Waals surface area (Å²) in [5.74, 6) is 0.373. The number of amides is 1. The van der Waals surface area contributed by atoms with Crippen LogP contribution in [0.3, 0.4) is 0 Å². The molecule has 2 fully saturated rings. The second-order valence-corrected chi connectivity index (χ2v) is 7.72. The van der Waals surface area contributed by atoms with Crippen molar-refractivity contribution in [3.63, 3.8) is 0 Å². The lowest BCUT2D eigenvalue weighted by Crippen LogP contribution is -2.44. The summed E-state index contributed by atoms with van der Waals surface area (Å²) in [6.45, 7) is 1.33. The lowest BCUT2D eigenvalue weighted by molar-refractivity contribution is -0.138. The SMILES string of the molecule is COC1CCC(C(=O)N2CCC(n3nnn(-c4ccccc4)c3=O)CC2)CC1. The van der Waals surface area contributed by atoms with Gasteiger partial charge in [0.15, 0.2) is 0 Å². The number of carbonyl (C=O) groups excluding carboxylic acids is 1. The molecule has 1 aromatic carbocycles. The number of methoxy groups -OCH3 is 1. The van der Waals surface area contributed by atoms with E-state index in [4.69, 9.17) is 4.74 Å². The molecule has 4 rings (SSSR count). The first kappa shape index (κ1) is 18.9. The molecule has 0 unspecified atom stereocenters. The van der Waals surface area contributed by atoms with E-state index in [0.29, 0.717) is 24.9 Å². The van der Waals surface area contributed by atoms with Gasteiger partial charge in [0, 0.05) is 26.1 Å². The second kappa shape index (κ2) is 8.26. The molecule has 1 amide bonds. The van der Waals surface area contributed by atoms with Crippen molar-refractivity contribution in [3.05, 3.63) is 40.8 Å². The molecule has 1 aliphatic heterocycles. The van der Waals surface area contributed by atoms with Gasteiger partial charge in [-0.25, -0.2) is 4.79 Å². The number of hydrogen-bond donors (Lipinski definition) is 0. The molecular weight excluding hydrogens is 358 g/mol. The van der Waals surface area contributed by atoms with E-state index in [1.54, 1.807) is 7.11 Å². The quantitative estimate of drug-likeness (QED) is 0.801. The molecule has 8 nitrogen and oxygen atoms in total. The molecule has 0 bridgehead atoms. The topological polar surface area (TPSA) is 82.2 Å². The third kappa shape index (κ3) is 3.73. The van der Waals surface area contributed by atoms with Crippen LogP contribution in [0.1, 0.15) is 44.6 Å². The van der Waals surface area contributed by atoms with Crippen molar-refractivity contribution in [2.45, 2.75) is 50.7 Å². The number of rotatable bonds is 4. The van der Waals surface area contributed by atoms with Crippen molar-refractivity contribution >= 4 is 5.91 Å². The summed E-state index contributed by atoms with van der Waals surface area (Å²) < 4.78 is 8.20. The van der Waals surface area contributed by atoms with E-state index in [-0.39, 0.29) is 23.6 Å². The number of aromatic nitrogens is 4. The van der Waals surface area contributed by atoms with Gasteiger partial charge in [-0.3, -0.25) is 4.79 Å². The minimum Gasteiger partial charge on any atom is -0.381 e.